The second-order valence-corrected chi connectivity index (χ2v) is 3.78. The van der Waals surface area contributed by atoms with Gasteiger partial charge in [-0.3, -0.25) is 0 Å². The zero-order chi connectivity index (χ0) is 9.14. The van der Waals surface area contributed by atoms with E-state index in [4.69, 9.17) is 13.8 Å². The lowest BCUT2D eigenvalue weighted by Crippen LogP contribution is -2.29. The van der Waals surface area contributed by atoms with Crippen LogP contribution in [-0.2, 0) is 13.8 Å². The lowest BCUT2D eigenvalue weighted by atomic mass is 10.00. The van der Waals surface area contributed by atoms with Crippen LogP contribution in [0.15, 0.2) is 0 Å². The number of ether oxygens (including phenoxy) is 1. The summed E-state index contributed by atoms with van der Waals surface area (Å²) in [7, 11) is 4.52. The predicted molar refractivity (Wildman–Crippen MR) is 53.7 cm³/mol. The Balaban J connectivity index is 2.52. The molecule has 1 aliphatic rings. The average Bonchev–Trinajstić information content (AvgIpc) is 2.29. The van der Waals surface area contributed by atoms with E-state index in [1.165, 1.54) is 0 Å². The van der Waals surface area contributed by atoms with E-state index in [1.807, 2.05) is 0 Å². The summed E-state index contributed by atoms with van der Waals surface area (Å²) in [6.07, 6.45) is 0.441. The van der Waals surface area contributed by atoms with Gasteiger partial charge in [0.15, 0.2) is 0 Å². The summed E-state index contributed by atoms with van der Waals surface area (Å²) in [6.45, 7) is 4.75. The third kappa shape index (κ3) is 2.16. The lowest BCUT2D eigenvalue weighted by Gasteiger charge is -2.17. The first kappa shape index (κ1) is 10.8. The maximum atomic E-state index is 5.64. The Morgan fingerprint density at radius 3 is 2.50 bits per heavy atom. The summed E-state index contributed by atoms with van der Waals surface area (Å²) in [6, 6.07) is 0. The van der Waals surface area contributed by atoms with Crippen molar-refractivity contribution in [1.29, 1.82) is 0 Å². The Morgan fingerprint density at radius 2 is 2.00 bits per heavy atom. The monoisotopic (exact) mass is 210 g/mol. The second-order valence-electron chi connectivity index (χ2n) is 3.17. The molecule has 12 heavy (non-hydrogen) atoms. The molecule has 0 aromatic carbocycles. The van der Waals surface area contributed by atoms with E-state index >= 15 is 0 Å². The van der Waals surface area contributed by atoms with E-state index in [-0.39, 0.29) is 18.3 Å². The van der Waals surface area contributed by atoms with Crippen molar-refractivity contribution in [2.24, 2.45) is 5.92 Å². The molecule has 3 nitrogen and oxygen atoms in total. The van der Waals surface area contributed by atoms with Crippen molar-refractivity contribution in [2.75, 3.05) is 6.61 Å². The molecular formula is C7H16O3P2. The van der Waals surface area contributed by atoms with Crippen molar-refractivity contribution in [2.45, 2.75) is 32.2 Å². The molecule has 5 heteroatoms. The first-order valence-corrected chi connectivity index (χ1v) is 4.97. The summed E-state index contributed by atoms with van der Waals surface area (Å²) in [5.74, 6) is 0.424. The molecule has 0 saturated carbocycles. The smallest absolute Gasteiger partial charge is 0.108 e. The highest BCUT2D eigenvalue weighted by atomic mass is 31.0. The largest absolute Gasteiger partial charge is 0.370 e. The Labute approximate surface area is 78.1 Å². The first-order chi connectivity index (χ1) is 5.70. The minimum atomic E-state index is 0.0602. The molecule has 4 unspecified atom stereocenters. The predicted octanol–water partition coefficient (Wildman–Crippen LogP) is 1.39. The van der Waals surface area contributed by atoms with Crippen LogP contribution in [0.4, 0.5) is 0 Å². The molecular weight excluding hydrogens is 194 g/mol. The number of hydrogen-bond acceptors (Lipinski definition) is 3. The number of rotatable bonds is 3. The lowest BCUT2D eigenvalue weighted by molar-refractivity contribution is 0.00285. The van der Waals surface area contributed by atoms with Gasteiger partial charge in [0.05, 0.1) is 18.8 Å². The summed E-state index contributed by atoms with van der Waals surface area (Å²) in [5.41, 5.74) is 0. The van der Waals surface area contributed by atoms with Crippen LogP contribution in [0.3, 0.4) is 0 Å². The van der Waals surface area contributed by atoms with E-state index in [9.17, 15) is 0 Å². The van der Waals surface area contributed by atoms with Crippen LogP contribution < -0.4 is 0 Å². The van der Waals surface area contributed by atoms with Crippen LogP contribution in [0.1, 0.15) is 13.8 Å². The SMILES string of the molecule is CC1O[C@@H](COP)C(OP)[C@@H]1C. The molecule has 0 spiro atoms. The molecule has 1 heterocycles. The van der Waals surface area contributed by atoms with Gasteiger partial charge in [-0.2, -0.15) is 0 Å². The zero-order valence-corrected chi connectivity index (χ0v) is 9.71. The Kier molecular flexibility index (Phi) is 4.36. The summed E-state index contributed by atoms with van der Waals surface area (Å²) in [4.78, 5) is 0. The van der Waals surface area contributed by atoms with Crippen LogP contribution in [-0.4, -0.2) is 24.9 Å². The van der Waals surface area contributed by atoms with Gasteiger partial charge in [0, 0.05) is 24.9 Å². The van der Waals surface area contributed by atoms with E-state index < -0.39 is 0 Å². The molecule has 6 atom stereocenters. The van der Waals surface area contributed by atoms with Gasteiger partial charge >= 0.3 is 0 Å². The minimum absolute atomic E-state index is 0.0602. The van der Waals surface area contributed by atoms with Gasteiger partial charge in [0.1, 0.15) is 6.10 Å². The molecule has 72 valence electrons. The van der Waals surface area contributed by atoms with Crippen molar-refractivity contribution >= 4 is 18.9 Å². The summed E-state index contributed by atoms with van der Waals surface area (Å²) >= 11 is 0. The third-order valence-corrected chi connectivity index (χ3v) is 2.94. The van der Waals surface area contributed by atoms with Gasteiger partial charge in [0.25, 0.3) is 0 Å². The molecule has 1 fully saturated rings. The van der Waals surface area contributed by atoms with Crippen LogP contribution in [0.5, 0.6) is 0 Å². The van der Waals surface area contributed by atoms with Crippen molar-refractivity contribution in [3.63, 3.8) is 0 Å². The fourth-order valence-corrected chi connectivity index (χ4v) is 2.14. The topological polar surface area (TPSA) is 27.7 Å². The van der Waals surface area contributed by atoms with Crippen molar-refractivity contribution < 1.29 is 13.8 Å². The average molecular weight is 210 g/mol. The standard InChI is InChI=1S/C7H16O3P2/c1-4-5(2)9-6(3-8-11)7(4)10-12/h4-7H,3,11-12H2,1-2H3/t4-,5?,6+,7?/m1/s1. The molecule has 0 radical (unpaired) electrons. The summed E-state index contributed by atoms with van der Waals surface area (Å²) < 4.78 is 15.9. The molecule has 0 aromatic heterocycles. The van der Waals surface area contributed by atoms with Crippen LogP contribution in [0.25, 0.3) is 0 Å². The fraction of sp³-hybridized carbons (Fsp3) is 1.00. The third-order valence-electron chi connectivity index (χ3n) is 2.43. The highest BCUT2D eigenvalue weighted by Gasteiger charge is 2.39. The highest BCUT2D eigenvalue weighted by molar-refractivity contribution is 7.10. The minimum Gasteiger partial charge on any atom is -0.370 e. The summed E-state index contributed by atoms with van der Waals surface area (Å²) in [5, 5.41) is 0. The Bertz CT molecular complexity index is 145. The van der Waals surface area contributed by atoms with Crippen LogP contribution in [0.2, 0.25) is 0 Å². The fourth-order valence-electron chi connectivity index (χ4n) is 1.52. The quantitative estimate of drug-likeness (QED) is 0.659. The molecule has 1 rings (SSSR count). The normalized spacial score (nSPS) is 42.0. The van der Waals surface area contributed by atoms with E-state index in [2.05, 4.69) is 32.8 Å². The van der Waals surface area contributed by atoms with Gasteiger partial charge in [-0.1, -0.05) is 6.92 Å². The van der Waals surface area contributed by atoms with Gasteiger partial charge in [-0.05, 0) is 6.92 Å². The van der Waals surface area contributed by atoms with Crippen LogP contribution in [0, 0.1) is 5.92 Å². The van der Waals surface area contributed by atoms with E-state index in [1.54, 1.807) is 0 Å². The van der Waals surface area contributed by atoms with Crippen LogP contribution >= 0.6 is 18.9 Å². The number of hydrogen-bond donors (Lipinski definition) is 0. The molecule has 0 aromatic rings. The molecule has 0 aliphatic carbocycles. The second kappa shape index (κ2) is 4.83. The van der Waals surface area contributed by atoms with Crippen molar-refractivity contribution in [3.05, 3.63) is 0 Å². The highest BCUT2D eigenvalue weighted by Crippen LogP contribution is 2.30. The maximum Gasteiger partial charge on any atom is 0.108 e. The zero-order valence-electron chi connectivity index (χ0n) is 7.40. The molecule has 1 aliphatic heterocycles. The van der Waals surface area contributed by atoms with Crippen molar-refractivity contribution in [3.8, 4) is 0 Å². The molecule has 1 saturated heterocycles. The van der Waals surface area contributed by atoms with Gasteiger partial charge in [-0.25, -0.2) is 0 Å². The van der Waals surface area contributed by atoms with E-state index in [0.29, 0.717) is 12.5 Å². The maximum absolute atomic E-state index is 5.64. The molecule has 0 amide bonds. The first-order valence-electron chi connectivity index (χ1n) is 4.03. The Morgan fingerprint density at radius 1 is 1.33 bits per heavy atom. The van der Waals surface area contributed by atoms with Gasteiger partial charge in [0.2, 0.25) is 0 Å². The Hall–Kier alpha value is 0.740. The van der Waals surface area contributed by atoms with Gasteiger partial charge in [-0.15, -0.1) is 0 Å². The molecule has 0 N–H and O–H groups in total. The molecule has 0 bridgehead atoms. The van der Waals surface area contributed by atoms with E-state index in [0.717, 1.165) is 0 Å². The van der Waals surface area contributed by atoms with Gasteiger partial charge < -0.3 is 13.8 Å². The van der Waals surface area contributed by atoms with Crippen molar-refractivity contribution in [1.82, 2.24) is 0 Å².